The van der Waals surface area contributed by atoms with E-state index < -0.39 is 35.2 Å². The number of anilines is 3. The summed E-state index contributed by atoms with van der Waals surface area (Å²) < 4.78 is 73.2. The van der Waals surface area contributed by atoms with Crippen LogP contribution in [0, 0.1) is 11.6 Å². The molecule has 2 heterocycles. The highest BCUT2D eigenvalue weighted by Gasteiger charge is 2.30. The molecule has 0 radical (unpaired) electrons. The lowest BCUT2D eigenvalue weighted by Gasteiger charge is -2.28. The molecular formula is C26H21F5N6O2. The molecule has 1 aromatic heterocycles. The lowest BCUT2D eigenvalue weighted by Crippen LogP contribution is -2.43. The fourth-order valence-corrected chi connectivity index (χ4v) is 4.00. The van der Waals surface area contributed by atoms with Gasteiger partial charge in [0.2, 0.25) is 5.82 Å². The predicted octanol–water partition coefficient (Wildman–Crippen LogP) is 5.77. The van der Waals surface area contributed by atoms with Crippen LogP contribution >= 0.6 is 0 Å². The van der Waals surface area contributed by atoms with Gasteiger partial charge in [-0.1, -0.05) is 6.07 Å². The van der Waals surface area contributed by atoms with Crippen LogP contribution in [-0.2, 0) is 6.18 Å². The maximum atomic E-state index is 14.6. The number of urea groups is 1. The van der Waals surface area contributed by atoms with E-state index in [-0.39, 0.29) is 17.1 Å². The molecule has 1 aliphatic heterocycles. The van der Waals surface area contributed by atoms with Crippen LogP contribution in [0.5, 0.6) is 11.5 Å². The smallest absolute Gasteiger partial charge is 0.416 e. The number of benzene rings is 3. The summed E-state index contributed by atoms with van der Waals surface area (Å²) >= 11 is 0. The quantitative estimate of drug-likeness (QED) is 0.276. The highest BCUT2D eigenvalue weighted by Crippen LogP contribution is 2.32. The summed E-state index contributed by atoms with van der Waals surface area (Å²) in [6, 6.07) is 9.46. The van der Waals surface area contributed by atoms with E-state index in [4.69, 9.17) is 4.74 Å². The second-order valence-corrected chi connectivity index (χ2v) is 8.65. The normalized spacial score (nSPS) is 13.8. The van der Waals surface area contributed by atoms with Crippen LogP contribution in [0.3, 0.4) is 0 Å². The minimum Gasteiger partial charge on any atom is -0.454 e. The van der Waals surface area contributed by atoms with Gasteiger partial charge in [0.05, 0.1) is 22.8 Å². The highest BCUT2D eigenvalue weighted by atomic mass is 19.4. The summed E-state index contributed by atoms with van der Waals surface area (Å²) in [5.74, 6) is -2.28. The molecule has 5 rings (SSSR count). The van der Waals surface area contributed by atoms with Crippen LogP contribution in [-0.4, -0.2) is 42.2 Å². The van der Waals surface area contributed by atoms with Gasteiger partial charge < -0.3 is 25.6 Å². The number of hydrogen-bond donors (Lipinski definition) is 3. The number of ether oxygens (including phenoxy) is 1. The van der Waals surface area contributed by atoms with E-state index in [9.17, 15) is 26.7 Å². The van der Waals surface area contributed by atoms with Gasteiger partial charge in [-0.25, -0.2) is 14.2 Å². The average molecular weight is 544 g/mol. The molecule has 1 saturated heterocycles. The Balaban J connectivity index is 1.33. The third kappa shape index (κ3) is 6.14. The van der Waals surface area contributed by atoms with Gasteiger partial charge >= 0.3 is 12.2 Å². The third-order valence-corrected chi connectivity index (χ3v) is 5.87. The number of rotatable bonds is 5. The lowest BCUT2D eigenvalue weighted by molar-refractivity contribution is -0.137. The van der Waals surface area contributed by atoms with Crippen molar-refractivity contribution < 1.29 is 31.5 Å². The Morgan fingerprint density at radius 1 is 0.949 bits per heavy atom. The van der Waals surface area contributed by atoms with E-state index in [0.29, 0.717) is 16.9 Å². The number of alkyl halides is 3. The Morgan fingerprint density at radius 3 is 2.49 bits per heavy atom. The van der Waals surface area contributed by atoms with Gasteiger partial charge in [-0.05, 0) is 30.3 Å². The van der Waals surface area contributed by atoms with Crippen molar-refractivity contribution in [2.75, 3.05) is 41.7 Å². The topological polar surface area (TPSA) is 91.4 Å². The molecule has 2 amide bonds. The zero-order chi connectivity index (χ0) is 27.6. The minimum atomic E-state index is -4.60. The number of piperazine rings is 1. The van der Waals surface area contributed by atoms with Gasteiger partial charge in [-0.2, -0.15) is 17.6 Å². The number of hydrogen-bond acceptors (Lipinski definition) is 6. The van der Waals surface area contributed by atoms with Crippen molar-refractivity contribution in [1.29, 1.82) is 0 Å². The van der Waals surface area contributed by atoms with Crippen molar-refractivity contribution in [3.63, 3.8) is 0 Å². The molecule has 8 nitrogen and oxygen atoms in total. The van der Waals surface area contributed by atoms with Gasteiger partial charge in [-0.3, -0.25) is 4.98 Å². The number of fused-ring (bicyclic) bond motifs is 1. The Hall–Kier alpha value is -4.52. The van der Waals surface area contributed by atoms with Crippen molar-refractivity contribution in [3.8, 4) is 11.5 Å². The molecule has 3 N–H and O–H groups in total. The van der Waals surface area contributed by atoms with Gasteiger partial charge in [0.1, 0.15) is 11.6 Å². The molecule has 3 aromatic carbocycles. The first kappa shape index (κ1) is 26.1. The van der Waals surface area contributed by atoms with Crippen LogP contribution in [0.25, 0.3) is 11.0 Å². The van der Waals surface area contributed by atoms with E-state index >= 15 is 0 Å². The van der Waals surface area contributed by atoms with Gasteiger partial charge in [0.15, 0.2) is 11.6 Å². The number of nitrogens with zero attached hydrogens (tertiary/aromatic N) is 3. The molecule has 0 unspecified atom stereocenters. The largest absolute Gasteiger partial charge is 0.454 e. The van der Waals surface area contributed by atoms with E-state index in [2.05, 4.69) is 30.8 Å². The van der Waals surface area contributed by atoms with E-state index in [0.717, 1.165) is 56.5 Å². The first-order chi connectivity index (χ1) is 18.7. The monoisotopic (exact) mass is 544 g/mol. The molecule has 4 aromatic rings. The van der Waals surface area contributed by atoms with E-state index in [1.54, 1.807) is 12.3 Å². The summed E-state index contributed by atoms with van der Waals surface area (Å²) in [5, 5.41) is 7.75. The summed E-state index contributed by atoms with van der Waals surface area (Å²) in [6.07, 6.45) is -2.93. The maximum Gasteiger partial charge on any atom is 0.416 e. The zero-order valence-electron chi connectivity index (χ0n) is 20.1. The third-order valence-electron chi connectivity index (χ3n) is 5.87. The molecule has 39 heavy (non-hydrogen) atoms. The zero-order valence-corrected chi connectivity index (χ0v) is 20.1. The Labute approximate surface area is 218 Å². The molecule has 202 valence electrons. The number of carbonyl (C=O) groups is 1. The van der Waals surface area contributed by atoms with Crippen LogP contribution < -0.4 is 25.6 Å². The number of carbonyl (C=O) groups excluding carboxylic acids is 1. The van der Waals surface area contributed by atoms with E-state index in [1.165, 1.54) is 18.2 Å². The first-order valence-electron chi connectivity index (χ1n) is 11.8. The Kier molecular flexibility index (Phi) is 7.15. The molecule has 0 spiro atoms. The molecule has 1 aliphatic rings. The van der Waals surface area contributed by atoms with E-state index in [1.807, 2.05) is 0 Å². The Morgan fingerprint density at radius 2 is 1.72 bits per heavy atom. The van der Waals surface area contributed by atoms with Crippen LogP contribution in [0.1, 0.15) is 5.56 Å². The number of amides is 2. The van der Waals surface area contributed by atoms with Gasteiger partial charge in [0.25, 0.3) is 0 Å². The predicted molar refractivity (Wildman–Crippen MR) is 135 cm³/mol. The molecule has 13 heteroatoms. The molecule has 0 aliphatic carbocycles. The highest BCUT2D eigenvalue weighted by molar-refractivity contribution is 5.99. The molecule has 0 atom stereocenters. The number of aromatic nitrogens is 2. The standard InChI is InChI=1S/C26H21F5N6O2/c27-19-11-17(35-25(38)34-16-3-1-2-15(10-16)26(29,30)31)12-22(24(19)28)39-18-4-5-20-21(13-18)36-23(14-33-20)37-8-6-32-7-9-37/h1-5,10-14,32H,6-9H2,(H2,34,35,38). The average Bonchev–Trinajstić information content (AvgIpc) is 2.91. The lowest BCUT2D eigenvalue weighted by atomic mass is 10.2. The summed E-state index contributed by atoms with van der Waals surface area (Å²) in [5.41, 5.74) is -0.216. The van der Waals surface area contributed by atoms with Crippen molar-refractivity contribution in [2.45, 2.75) is 6.18 Å². The second-order valence-electron chi connectivity index (χ2n) is 8.65. The fourth-order valence-electron chi connectivity index (χ4n) is 4.00. The second kappa shape index (κ2) is 10.7. The van der Waals surface area contributed by atoms with Crippen LogP contribution in [0.2, 0.25) is 0 Å². The fraction of sp³-hybridized carbons (Fsp3) is 0.192. The summed E-state index contributed by atoms with van der Waals surface area (Å²) in [6.45, 7) is 3.16. The molecular weight excluding hydrogens is 523 g/mol. The van der Waals surface area contributed by atoms with Crippen molar-refractivity contribution in [1.82, 2.24) is 15.3 Å². The SMILES string of the molecule is O=C(Nc1cccc(C(F)(F)F)c1)Nc1cc(F)c(F)c(Oc2ccc3ncc(N4CCNCC4)nc3c2)c1. The van der Waals surface area contributed by atoms with Crippen molar-refractivity contribution in [2.24, 2.45) is 0 Å². The minimum absolute atomic E-state index is 0.140. The van der Waals surface area contributed by atoms with Gasteiger partial charge in [0, 0.05) is 55.8 Å². The van der Waals surface area contributed by atoms with Crippen molar-refractivity contribution >= 4 is 34.3 Å². The van der Waals surface area contributed by atoms with Crippen LogP contribution in [0.15, 0.2) is 60.8 Å². The summed E-state index contributed by atoms with van der Waals surface area (Å²) in [7, 11) is 0. The van der Waals surface area contributed by atoms with Gasteiger partial charge in [-0.15, -0.1) is 0 Å². The number of halogens is 5. The maximum absolute atomic E-state index is 14.6. The first-order valence-corrected chi connectivity index (χ1v) is 11.8. The molecule has 1 fully saturated rings. The molecule has 0 saturated carbocycles. The van der Waals surface area contributed by atoms with Crippen LogP contribution in [0.4, 0.5) is 43.9 Å². The molecule has 0 bridgehead atoms. The summed E-state index contributed by atoms with van der Waals surface area (Å²) in [4.78, 5) is 23.4. The number of nitrogens with one attached hydrogen (secondary N) is 3. The van der Waals surface area contributed by atoms with Crippen molar-refractivity contribution in [3.05, 3.63) is 78.0 Å². The Bertz CT molecular complexity index is 1520.